The Morgan fingerprint density at radius 2 is 2.06 bits per heavy atom. The van der Waals surface area contributed by atoms with E-state index in [0.29, 0.717) is 18.0 Å². The maximum Gasteiger partial charge on any atom is 0.411 e. The molecular formula is C10H11ClN2O4. The number of halogens is 1. The zero-order chi connectivity index (χ0) is 12.7. The second-order valence-corrected chi connectivity index (χ2v) is 3.49. The highest BCUT2D eigenvalue weighted by Crippen LogP contribution is 2.15. The van der Waals surface area contributed by atoms with Gasteiger partial charge in [-0.25, -0.2) is 4.79 Å². The lowest BCUT2D eigenvalue weighted by molar-refractivity contribution is -0.384. The predicted molar refractivity (Wildman–Crippen MR) is 63.4 cm³/mol. The lowest BCUT2D eigenvalue weighted by atomic mass is 10.3. The summed E-state index contributed by atoms with van der Waals surface area (Å²) in [6.45, 7) is 0.238. The Labute approximate surface area is 103 Å². The van der Waals surface area contributed by atoms with Crippen LogP contribution in [0.15, 0.2) is 24.3 Å². The summed E-state index contributed by atoms with van der Waals surface area (Å²) < 4.78 is 4.80. The number of nitrogens with one attached hydrogen (secondary N) is 1. The number of amides is 1. The first kappa shape index (κ1) is 13.2. The molecule has 7 heteroatoms. The van der Waals surface area contributed by atoms with E-state index < -0.39 is 11.0 Å². The molecule has 0 radical (unpaired) electrons. The fourth-order valence-electron chi connectivity index (χ4n) is 1.04. The number of rotatable bonds is 5. The average Bonchev–Trinajstić information content (AvgIpc) is 2.30. The number of nitro groups is 1. The minimum Gasteiger partial charge on any atom is -0.449 e. The molecule has 0 aromatic heterocycles. The number of ether oxygens (including phenoxy) is 1. The van der Waals surface area contributed by atoms with Crippen LogP contribution in [0.3, 0.4) is 0 Å². The molecule has 0 aliphatic heterocycles. The van der Waals surface area contributed by atoms with Crippen molar-refractivity contribution in [2.75, 3.05) is 17.8 Å². The lowest BCUT2D eigenvalue weighted by Gasteiger charge is -2.05. The topological polar surface area (TPSA) is 81.5 Å². The number of hydrogen-bond donors (Lipinski definition) is 1. The van der Waals surface area contributed by atoms with Crippen molar-refractivity contribution in [3.8, 4) is 0 Å². The molecule has 1 aromatic rings. The van der Waals surface area contributed by atoms with Crippen LogP contribution in [0.2, 0.25) is 0 Å². The van der Waals surface area contributed by atoms with Crippen molar-refractivity contribution in [3.05, 3.63) is 34.4 Å². The first-order valence-corrected chi connectivity index (χ1v) is 5.41. The number of nitrogens with zero attached hydrogens (tertiary/aromatic N) is 1. The van der Waals surface area contributed by atoms with Gasteiger partial charge in [0.05, 0.1) is 11.5 Å². The molecule has 0 spiro atoms. The van der Waals surface area contributed by atoms with Crippen molar-refractivity contribution in [3.63, 3.8) is 0 Å². The van der Waals surface area contributed by atoms with E-state index in [-0.39, 0.29) is 12.3 Å². The third-order valence-corrected chi connectivity index (χ3v) is 2.10. The molecule has 0 unspecified atom stereocenters. The number of anilines is 1. The minimum atomic E-state index is -0.607. The summed E-state index contributed by atoms with van der Waals surface area (Å²) in [5.41, 5.74) is 0.400. The van der Waals surface area contributed by atoms with Gasteiger partial charge in [-0.3, -0.25) is 15.4 Å². The minimum absolute atomic E-state index is 0.0361. The molecule has 0 saturated heterocycles. The van der Waals surface area contributed by atoms with Crippen molar-refractivity contribution in [1.29, 1.82) is 0 Å². The Balaban J connectivity index is 2.46. The highest BCUT2D eigenvalue weighted by atomic mass is 35.5. The highest BCUT2D eigenvalue weighted by Gasteiger charge is 2.06. The van der Waals surface area contributed by atoms with Crippen molar-refractivity contribution in [2.45, 2.75) is 6.42 Å². The fraction of sp³-hybridized carbons (Fsp3) is 0.300. The van der Waals surface area contributed by atoms with Crippen LogP contribution in [-0.2, 0) is 4.74 Å². The molecule has 0 aliphatic carbocycles. The number of benzene rings is 1. The Bertz CT molecular complexity index is 394. The van der Waals surface area contributed by atoms with Gasteiger partial charge in [0.1, 0.15) is 0 Å². The van der Waals surface area contributed by atoms with Crippen molar-refractivity contribution >= 4 is 29.1 Å². The summed E-state index contributed by atoms with van der Waals surface area (Å²) in [5, 5.41) is 12.8. The number of non-ortho nitro benzene ring substituents is 1. The predicted octanol–water partition coefficient (Wildman–Crippen LogP) is 2.77. The number of hydrogen-bond acceptors (Lipinski definition) is 4. The molecule has 1 aromatic carbocycles. The van der Waals surface area contributed by atoms with Gasteiger partial charge in [-0.15, -0.1) is 11.6 Å². The quantitative estimate of drug-likeness (QED) is 0.381. The molecule has 0 fully saturated rings. The van der Waals surface area contributed by atoms with E-state index in [9.17, 15) is 14.9 Å². The number of nitro benzene ring substituents is 1. The van der Waals surface area contributed by atoms with Gasteiger partial charge in [0.2, 0.25) is 0 Å². The maximum absolute atomic E-state index is 11.2. The molecule has 0 aliphatic rings. The first-order valence-electron chi connectivity index (χ1n) is 4.87. The Kier molecular flexibility index (Phi) is 5.22. The zero-order valence-electron chi connectivity index (χ0n) is 8.89. The van der Waals surface area contributed by atoms with Crippen LogP contribution < -0.4 is 5.32 Å². The van der Waals surface area contributed by atoms with Crippen molar-refractivity contribution in [2.24, 2.45) is 0 Å². The third-order valence-electron chi connectivity index (χ3n) is 1.84. The van der Waals surface area contributed by atoms with Crippen LogP contribution in [0.25, 0.3) is 0 Å². The van der Waals surface area contributed by atoms with E-state index >= 15 is 0 Å². The van der Waals surface area contributed by atoms with Gasteiger partial charge in [0.15, 0.2) is 0 Å². The van der Waals surface area contributed by atoms with Crippen LogP contribution in [0.1, 0.15) is 6.42 Å². The highest BCUT2D eigenvalue weighted by molar-refractivity contribution is 6.17. The van der Waals surface area contributed by atoms with Crippen LogP contribution >= 0.6 is 11.6 Å². The summed E-state index contributed by atoms with van der Waals surface area (Å²) in [6.07, 6.45) is -0.0288. The summed E-state index contributed by atoms with van der Waals surface area (Å²) in [4.78, 5) is 21.1. The van der Waals surface area contributed by atoms with Gasteiger partial charge < -0.3 is 4.74 Å². The van der Waals surface area contributed by atoms with Gasteiger partial charge in [-0.05, 0) is 18.6 Å². The Morgan fingerprint density at radius 1 is 1.41 bits per heavy atom. The summed E-state index contributed by atoms with van der Waals surface area (Å²) in [6, 6.07) is 5.46. The Hall–Kier alpha value is -1.82. The summed E-state index contributed by atoms with van der Waals surface area (Å²) in [7, 11) is 0. The molecule has 1 rings (SSSR count). The van der Waals surface area contributed by atoms with Crippen LogP contribution in [-0.4, -0.2) is 23.5 Å². The van der Waals surface area contributed by atoms with E-state index in [1.165, 1.54) is 24.3 Å². The summed E-state index contributed by atoms with van der Waals surface area (Å²) >= 11 is 5.42. The number of carbonyl (C=O) groups is 1. The van der Waals surface area contributed by atoms with Crippen molar-refractivity contribution in [1.82, 2.24) is 0 Å². The Morgan fingerprint density at radius 3 is 2.59 bits per heavy atom. The van der Waals surface area contributed by atoms with E-state index in [0.717, 1.165) is 0 Å². The molecule has 1 N–H and O–H groups in total. The molecule has 6 nitrogen and oxygen atoms in total. The second-order valence-electron chi connectivity index (χ2n) is 3.11. The molecule has 17 heavy (non-hydrogen) atoms. The van der Waals surface area contributed by atoms with Crippen LogP contribution in [0, 0.1) is 10.1 Å². The van der Waals surface area contributed by atoms with E-state index in [2.05, 4.69) is 5.32 Å². The van der Waals surface area contributed by atoms with Crippen LogP contribution in [0.5, 0.6) is 0 Å². The van der Waals surface area contributed by atoms with Gasteiger partial charge in [0.25, 0.3) is 5.69 Å². The van der Waals surface area contributed by atoms with Crippen LogP contribution in [0.4, 0.5) is 16.2 Å². The summed E-state index contributed by atoms with van der Waals surface area (Å²) in [5.74, 6) is 0.421. The van der Waals surface area contributed by atoms with Crippen molar-refractivity contribution < 1.29 is 14.5 Å². The number of alkyl halides is 1. The molecule has 0 heterocycles. The first-order chi connectivity index (χ1) is 8.13. The van der Waals surface area contributed by atoms with Gasteiger partial charge in [0, 0.05) is 23.7 Å². The fourth-order valence-corrected chi connectivity index (χ4v) is 1.15. The van der Waals surface area contributed by atoms with E-state index in [1.54, 1.807) is 0 Å². The molecule has 92 valence electrons. The standard InChI is InChI=1S/C10H11ClN2O4/c11-6-1-7-17-10(14)12-8-2-4-9(5-3-8)13(15)16/h2-5H,1,6-7H2,(H,12,14). The molecule has 0 atom stereocenters. The number of carbonyl (C=O) groups excluding carboxylic acids is 1. The average molecular weight is 259 g/mol. The molecular weight excluding hydrogens is 248 g/mol. The largest absolute Gasteiger partial charge is 0.449 e. The molecule has 0 bridgehead atoms. The van der Waals surface area contributed by atoms with Gasteiger partial charge in [-0.1, -0.05) is 0 Å². The SMILES string of the molecule is O=C(Nc1ccc([N+](=O)[O-])cc1)OCCCCl. The monoisotopic (exact) mass is 258 g/mol. The second kappa shape index (κ2) is 6.70. The van der Waals surface area contributed by atoms with E-state index in [4.69, 9.17) is 16.3 Å². The zero-order valence-corrected chi connectivity index (χ0v) is 9.64. The lowest BCUT2D eigenvalue weighted by Crippen LogP contribution is -2.14. The normalized spacial score (nSPS) is 9.71. The van der Waals surface area contributed by atoms with E-state index in [1.807, 2.05) is 0 Å². The third kappa shape index (κ3) is 4.69. The molecule has 0 saturated carbocycles. The molecule has 1 amide bonds. The maximum atomic E-state index is 11.2. The smallest absolute Gasteiger partial charge is 0.411 e. The van der Waals surface area contributed by atoms with Gasteiger partial charge in [-0.2, -0.15) is 0 Å². The van der Waals surface area contributed by atoms with Gasteiger partial charge >= 0.3 is 6.09 Å².